The lowest BCUT2D eigenvalue weighted by Gasteiger charge is -2.32. The van der Waals surface area contributed by atoms with E-state index in [1.807, 2.05) is 0 Å². The number of aliphatic hydroxyl groups is 1. The van der Waals surface area contributed by atoms with E-state index in [4.69, 9.17) is 4.74 Å². The van der Waals surface area contributed by atoms with Gasteiger partial charge >= 0.3 is 0 Å². The second kappa shape index (κ2) is 9.73. The molecule has 19 heavy (non-hydrogen) atoms. The van der Waals surface area contributed by atoms with Gasteiger partial charge in [-0.15, -0.1) is 0 Å². The van der Waals surface area contributed by atoms with Crippen LogP contribution in [0.2, 0.25) is 0 Å². The Kier molecular flexibility index (Phi) is 8.67. The van der Waals surface area contributed by atoms with Gasteiger partial charge in [-0.3, -0.25) is 0 Å². The average molecular weight is 271 g/mol. The molecule has 2 N–H and O–H groups in total. The van der Waals surface area contributed by atoms with Crippen LogP contribution in [0, 0.1) is 0 Å². The smallest absolute Gasteiger partial charge is 0.0613 e. The van der Waals surface area contributed by atoms with Crippen LogP contribution in [-0.2, 0) is 4.74 Å². The molecule has 3 heteroatoms. The molecule has 0 radical (unpaired) electrons. The van der Waals surface area contributed by atoms with Crippen molar-refractivity contribution >= 4 is 0 Å². The average Bonchev–Trinajstić information content (AvgIpc) is 2.71. The SMILES string of the molecule is CCNC(CC)(CO)CCCOC1CCCCCC1. The first-order chi connectivity index (χ1) is 9.26. The van der Waals surface area contributed by atoms with Gasteiger partial charge in [0.1, 0.15) is 0 Å². The highest BCUT2D eigenvalue weighted by Crippen LogP contribution is 2.21. The molecule has 0 aromatic heterocycles. The molecule has 0 aromatic carbocycles. The van der Waals surface area contributed by atoms with Gasteiger partial charge < -0.3 is 15.2 Å². The molecule has 1 aliphatic rings. The van der Waals surface area contributed by atoms with Crippen LogP contribution in [0.25, 0.3) is 0 Å². The Morgan fingerprint density at radius 2 is 1.84 bits per heavy atom. The molecular weight excluding hydrogens is 238 g/mol. The minimum Gasteiger partial charge on any atom is -0.394 e. The second-order valence-electron chi connectivity index (χ2n) is 5.91. The Hall–Kier alpha value is -0.120. The third kappa shape index (κ3) is 6.24. The fourth-order valence-corrected chi connectivity index (χ4v) is 3.08. The van der Waals surface area contributed by atoms with Crippen LogP contribution in [0.3, 0.4) is 0 Å². The van der Waals surface area contributed by atoms with Gasteiger partial charge in [0, 0.05) is 12.1 Å². The maximum absolute atomic E-state index is 9.59. The van der Waals surface area contributed by atoms with Crippen molar-refractivity contribution in [2.45, 2.75) is 83.3 Å². The number of aliphatic hydroxyl groups excluding tert-OH is 1. The first-order valence-corrected chi connectivity index (χ1v) is 8.24. The Morgan fingerprint density at radius 3 is 2.37 bits per heavy atom. The van der Waals surface area contributed by atoms with Crippen LogP contribution < -0.4 is 5.32 Å². The number of nitrogens with one attached hydrogen (secondary N) is 1. The number of ether oxygens (including phenoxy) is 1. The molecule has 0 spiro atoms. The van der Waals surface area contributed by atoms with Crippen molar-refractivity contribution in [3.63, 3.8) is 0 Å². The number of likely N-dealkylation sites (N-methyl/N-ethyl adjacent to an activating group) is 1. The third-order valence-electron chi connectivity index (χ3n) is 4.49. The summed E-state index contributed by atoms with van der Waals surface area (Å²) < 4.78 is 6.02. The summed E-state index contributed by atoms with van der Waals surface area (Å²) >= 11 is 0. The zero-order valence-electron chi connectivity index (χ0n) is 12.9. The van der Waals surface area contributed by atoms with E-state index in [1.165, 1.54) is 38.5 Å². The molecule has 1 saturated carbocycles. The summed E-state index contributed by atoms with van der Waals surface area (Å²) in [5, 5.41) is 13.0. The molecule has 1 rings (SSSR count). The zero-order chi connectivity index (χ0) is 14.0. The van der Waals surface area contributed by atoms with Gasteiger partial charge in [-0.1, -0.05) is 39.5 Å². The van der Waals surface area contributed by atoms with Crippen LogP contribution in [-0.4, -0.2) is 36.5 Å². The maximum atomic E-state index is 9.59. The first-order valence-electron chi connectivity index (χ1n) is 8.24. The summed E-state index contributed by atoms with van der Waals surface area (Å²) in [4.78, 5) is 0. The van der Waals surface area contributed by atoms with E-state index in [-0.39, 0.29) is 12.1 Å². The lowest BCUT2D eigenvalue weighted by molar-refractivity contribution is 0.0341. The monoisotopic (exact) mass is 271 g/mol. The van der Waals surface area contributed by atoms with Crippen molar-refractivity contribution < 1.29 is 9.84 Å². The van der Waals surface area contributed by atoms with Gasteiger partial charge in [0.15, 0.2) is 0 Å². The van der Waals surface area contributed by atoms with Crippen LogP contribution in [0.1, 0.15) is 71.6 Å². The van der Waals surface area contributed by atoms with Crippen LogP contribution in [0.4, 0.5) is 0 Å². The molecule has 0 aliphatic heterocycles. The van der Waals surface area contributed by atoms with E-state index >= 15 is 0 Å². The molecule has 0 heterocycles. The maximum Gasteiger partial charge on any atom is 0.0613 e. The molecule has 1 atom stereocenters. The highest BCUT2D eigenvalue weighted by molar-refractivity contribution is 4.85. The Morgan fingerprint density at radius 1 is 1.16 bits per heavy atom. The highest BCUT2D eigenvalue weighted by Gasteiger charge is 2.25. The predicted molar refractivity (Wildman–Crippen MR) is 80.5 cm³/mol. The van der Waals surface area contributed by atoms with Crippen molar-refractivity contribution in [1.29, 1.82) is 0 Å². The predicted octanol–water partition coefficient (Wildman–Crippen LogP) is 3.26. The van der Waals surface area contributed by atoms with E-state index in [0.29, 0.717) is 6.10 Å². The second-order valence-corrected chi connectivity index (χ2v) is 5.91. The van der Waals surface area contributed by atoms with Crippen molar-refractivity contribution in [2.24, 2.45) is 0 Å². The standard InChI is InChI=1S/C16H33NO2/c1-3-16(14-18,17-4-2)12-9-13-19-15-10-7-5-6-8-11-15/h15,17-18H,3-14H2,1-2H3. The molecular formula is C16H33NO2. The minimum atomic E-state index is -0.0957. The van der Waals surface area contributed by atoms with E-state index < -0.39 is 0 Å². The van der Waals surface area contributed by atoms with E-state index in [1.54, 1.807) is 0 Å². The lowest BCUT2D eigenvalue weighted by Crippen LogP contribution is -2.48. The summed E-state index contributed by atoms with van der Waals surface area (Å²) in [5.41, 5.74) is -0.0957. The van der Waals surface area contributed by atoms with E-state index in [9.17, 15) is 5.11 Å². The molecule has 1 unspecified atom stereocenters. The summed E-state index contributed by atoms with van der Waals surface area (Å²) in [6, 6.07) is 0. The topological polar surface area (TPSA) is 41.5 Å². The lowest BCUT2D eigenvalue weighted by atomic mass is 9.91. The largest absolute Gasteiger partial charge is 0.394 e. The van der Waals surface area contributed by atoms with Crippen LogP contribution >= 0.6 is 0 Å². The van der Waals surface area contributed by atoms with Gasteiger partial charge in [0.05, 0.1) is 12.7 Å². The van der Waals surface area contributed by atoms with E-state index in [2.05, 4.69) is 19.2 Å². The summed E-state index contributed by atoms with van der Waals surface area (Å²) in [6.45, 7) is 6.23. The zero-order valence-corrected chi connectivity index (χ0v) is 12.9. The molecule has 1 aliphatic carbocycles. The summed E-state index contributed by atoms with van der Waals surface area (Å²) in [6.07, 6.45) is 11.4. The quantitative estimate of drug-likeness (QED) is 0.499. The minimum absolute atomic E-state index is 0.0957. The van der Waals surface area contributed by atoms with Crippen molar-refractivity contribution in [3.05, 3.63) is 0 Å². The molecule has 0 bridgehead atoms. The number of hydrogen-bond donors (Lipinski definition) is 2. The molecule has 3 nitrogen and oxygen atoms in total. The van der Waals surface area contributed by atoms with Gasteiger partial charge in [-0.25, -0.2) is 0 Å². The number of rotatable bonds is 9. The summed E-state index contributed by atoms with van der Waals surface area (Å²) in [5.74, 6) is 0. The highest BCUT2D eigenvalue weighted by atomic mass is 16.5. The van der Waals surface area contributed by atoms with Crippen molar-refractivity contribution in [3.8, 4) is 0 Å². The fourth-order valence-electron chi connectivity index (χ4n) is 3.08. The van der Waals surface area contributed by atoms with E-state index in [0.717, 1.165) is 32.4 Å². The van der Waals surface area contributed by atoms with Gasteiger partial charge in [-0.05, 0) is 38.6 Å². The van der Waals surface area contributed by atoms with Crippen LogP contribution in [0.5, 0.6) is 0 Å². The Balaban J connectivity index is 2.20. The van der Waals surface area contributed by atoms with Gasteiger partial charge in [0.25, 0.3) is 0 Å². The van der Waals surface area contributed by atoms with Gasteiger partial charge in [0.2, 0.25) is 0 Å². The van der Waals surface area contributed by atoms with Crippen LogP contribution in [0.15, 0.2) is 0 Å². The molecule has 114 valence electrons. The molecule has 0 amide bonds. The molecule has 0 aromatic rings. The van der Waals surface area contributed by atoms with Crippen molar-refractivity contribution in [1.82, 2.24) is 5.32 Å². The Labute approximate surface area is 119 Å². The normalized spacial score (nSPS) is 21.0. The third-order valence-corrected chi connectivity index (χ3v) is 4.49. The Bertz CT molecular complexity index is 209. The fraction of sp³-hybridized carbons (Fsp3) is 1.00. The summed E-state index contributed by atoms with van der Waals surface area (Å²) in [7, 11) is 0. The molecule has 1 fully saturated rings. The number of hydrogen-bond acceptors (Lipinski definition) is 3. The first kappa shape index (κ1) is 16.9. The van der Waals surface area contributed by atoms with Gasteiger partial charge in [-0.2, -0.15) is 0 Å². The van der Waals surface area contributed by atoms with Crippen molar-refractivity contribution in [2.75, 3.05) is 19.8 Å². The molecule has 0 saturated heterocycles.